The van der Waals surface area contributed by atoms with Gasteiger partial charge in [0.2, 0.25) is 0 Å². The number of hydrogen-bond acceptors (Lipinski definition) is 1. The Labute approximate surface area is 64.8 Å². The Balaban J connectivity index is 2.89. The zero-order valence-electron chi connectivity index (χ0n) is 7.52. The van der Waals surface area contributed by atoms with Crippen LogP contribution in [0.15, 0.2) is 0 Å². The van der Waals surface area contributed by atoms with E-state index in [0.29, 0.717) is 0 Å². The fraction of sp³-hybridized carbons (Fsp3) is 1.00. The van der Waals surface area contributed by atoms with Crippen LogP contribution in [0.5, 0.6) is 0 Å². The first-order valence-electron chi connectivity index (χ1n) is 4.39. The molecule has 10 heavy (non-hydrogen) atoms. The van der Waals surface area contributed by atoms with Crippen molar-refractivity contribution in [1.82, 2.24) is 0 Å². The van der Waals surface area contributed by atoms with Gasteiger partial charge in [-0.1, -0.05) is 27.2 Å². The highest BCUT2D eigenvalue weighted by Gasteiger charge is 1.96. The van der Waals surface area contributed by atoms with Gasteiger partial charge in [0, 0.05) is 13.2 Å². The molecule has 0 N–H and O–H groups in total. The molecule has 0 aromatic carbocycles. The number of ether oxygens (including phenoxy) is 1. The van der Waals surface area contributed by atoms with Crippen LogP contribution in [-0.4, -0.2) is 13.2 Å². The smallest absolute Gasteiger partial charge is 0.0468 e. The maximum absolute atomic E-state index is 5.36. The van der Waals surface area contributed by atoms with Gasteiger partial charge in [0.05, 0.1) is 0 Å². The molecule has 0 rings (SSSR count). The molecule has 0 radical (unpaired) electrons. The first-order valence-corrected chi connectivity index (χ1v) is 4.39. The van der Waals surface area contributed by atoms with Crippen molar-refractivity contribution in [2.24, 2.45) is 5.92 Å². The van der Waals surface area contributed by atoms with E-state index in [1.807, 2.05) is 0 Å². The lowest BCUT2D eigenvalue weighted by Crippen LogP contribution is -2.01. The molecule has 0 saturated carbocycles. The van der Waals surface area contributed by atoms with Crippen molar-refractivity contribution < 1.29 is 4.74 Å². The number of hydrogen-bond donors (Lipinski definition) is 0. The highest BCUT2D eigenvalue weighted by atomic mass is 16.5. The zero-order chi connectivity index (χ0) is 7.82. The highest BCUT2D eigenvalue weighted by molar-refractivity contribution is 4.47. The standard InChI is InChI=1S/C9H20O/c1-4-7-10-8-6-9(3)5-2/h9H,4-8H2,1-3H3/t9-/m1/s1. The summed E-state index contributed by atoms with van der Waals surface area (Å²) >= 11 is 0. The zero-order valence-corrected chi connectivity index (χ0v) is 7.52. The van der Waals surface area contributed by atoms with Gasteiger partial charge >= 0.3 is 0 Å². The van der Waals surface area contributed by atoms with Gasteiger partial charge in [-0.15, -0.1) is 0 Å². The minimum absolute atomic E-state index is 0.830. The molecule has 0 fully saturated rings. The maximum Gasteiger partial charge on any atom is 0.0468 e. The lowest BCUT2D eigenvalue weighted by molar-refractivity contribution is 0.122. The lowest BCUT2D eigenvalue weighted by Gasteiger charge is -2.07. The predicted molar refractivity (Wildman–Crippen MR) is 45.2 cm³/mol. The maximum atomic E-state index is 5.36. The van der Waals surface area contributed by atoms with Crippen LogP contribution in [0, 0.1) is 5.92 Å². The summed E-state index contributed by atoms with van der Waals surface area (Å²) in [6, 6.07) is 0. The van der Waals surface area contributed by atoms with E-state index in [9.17, 15) is 0 Å². The molecule has 1 nitrogen and oxygen atoms in total. The van der Waals surface area contributed by atoms with E-state index in [1.165, 1.54) is 12.8 Å². The molecule has 0 aromatic heterocycles. The summed E-state index contributed by atoms with van der Waals surface area (Å²) in [5.74, 6) is 0.830. The third-order valence-electron chi connectivity index (χ3n) is 1.80. The molecule has 1 heteroatoms. The van der Waals surface area contributed by atoms with E-state index in [-0.39, 0.29) is 0 Å². The van der Waals surface area contributed by atoms with E-state index >= 15 is 0 Å². The summed E-state index contributed by atoms with van der Waals surface area (Å²) in [6.07, 6.45) is 3.63. The molecule has 0 aliphatic rings. The van der Waals surface area contributed by atoms with Gasteiger partial charge in [0.25, 0.3) is 0 Å². The molecule has 62 valence electrons. The monoisotopic (exact) mass is 144 g/mol. The molecule has 0 aliphatic carbocycles. The molecular weight excluding hydrogens is 124 g/mol. The fourth-order valence-corrected chi connectivity index (χ4v) is 0.735. The molecule has 0 aromatic rings. The second kappa shape index (κ2) is 7.07. The summed E-state index contributed by atoms with van der Waals surface area (Å²) in [5, 5.41) is 0. The van der Waals surface area contributed by atoms with Gasteiger partial charge in [0.15, 0.2) is 0 Å². The molecular formula is C9H20O. The quantitative estimate of drug-likeness (QED) is 0.521. The van der Waals surface area contributed by atoms with E-state index < -0.39 is 0 Å². The Morgan fingerprint density at radius 1 is 1.20 bits per heavy atom. The Morgan fingerprint density at radius 2 is 1.90 bits per heavy atom. The van der Waals surface area contributed by atoms with Gasteiger partial charge in [0.1, 0.15) is 0 Å². The van der Waals surface area contributed by atoms with Crippen LogP contribution in [0.2, 0.25) is 0 Å². The highest BCUT2D eigenvalue weighted by Crippen LogP contribution is 2.05. The lowest BCUT2D eigenvalue weighted by atomic mass is 10.1. The van der Waals surface area contributed by atoms with Crippen molar-refractivity contribution >= 4 is 0 Å². The summed E-state index contributed by atoms with van der Waals surface area (Å²) in [4.78, 5) is 0. The molecule has 0 bridgehead atoms. The first-order chi connectivity index (χ1) is 4.81. The summed E-state index contributed by atoms with van der Waals surface area (Å²) in [5.41, 5.74) is 0. The molecule has 0 amide bonds. The van der Waals surface area contributed by atoms with Crippen molar-refractivity contribution in [3.05, 3.63) is 0 Å². The Morgan fingerprint density at radius 3 is 2.40 bits per heavy atom. The normalized spacial score (nSPS) is 13.5. The minimum atomic E-state index is 0.830. The van der Waals surface area contributed by atoms with E-state index in [1.54, 1.807) is 0 Å². The van der Waals surface area contributed by atoms with Crippen LogP contribution in [0.3, 0.4) is 0 Å². The topological polar surface area (TPSA) is 9.23 Å². The van der Waals surface area contributed by atoms with Crippen molar-refractivity contribution in [1.29, 1.82) is 0 Å². The second-order valence-electron chi connectivity index (χ2n) is 2.91. The third kappa shape index (κ3) is 6.09. The van der Waals surface area contributed by atoms with Crippen LogP contribution in [-0.2, 0) is 4.74 Å². The summed E-state index contributed by atoms with van der Waals surface area (Å²) in [6.45, 7) is 8.52. The van der Waals surface area contributed by atoms with Gasteiger partial charge < -0.3 is 4.74 Å². The minimum Gasteiger partial charge on any atom is -0.381 e. The van der Waals surface area contributed by atoms with Crippen LogP contribution in [0.25, 0.3) is 0 Å². The molecule has 0 spiro atoms. The van der Waals surface area contributed by atoms with Gasteiger partial charge in [-0.05, 0) is 18.8 Å². The van der Waals surface area contributed by atoms with E-state index in [0.717, 1.165) is 25.6 Å². The van der Waals surface area contributed by atoms with Crippen LogP contribution in [0.1, 0.15) is 40.0 Å². The Bertz CT molecular complexity index is 61.7. The summed E-state index contributed by atoms with van der Waals surface area (Å²) in [7, 11) is 0. The SMILES string of the molecule is CCCOCC[C@H](C)CC. The average molecular weight is 144 g/mol. The van der Waals surface area contributed by atoms with Gasteiger partial charge in [-0.2, -0.15) is 0 Å². The molecule has 1 atom stereocenters. The van der Waals surface area contributed by atoms with Crippen molar-refractivity contribution in [3.8, 4) is 0 Å². The van der Waals surface area contributed by atoms with Crippen molar-refractivity contribution in [2.45, 2.75) is 40.0 Å². The molecule has 0 aliphatic heterocycles. The average Bonchev–Trinajstić information content (AvgIpc) is 1.98. The predicted octanol–water partition coefficient (Wildman–Crippen LogP) is 2.85. The number of rotatable bonds is 6. The largest absolute Gasteiger partial charge is 0.381 e. The fourth-order valence-electron chi connectivity index (χ4n) is 0.735. The van der Waals surface area contributed by atoms with Crippen molar-refractivity contribution in [2.75, 3.05) is 13.2 Å². The van der Waals surface area contributed by atoms with E-state index in [4.69, 9.17) is 4.74 Å². The van der Waals surface area contributed by atoms with Crippen LogP contribution < -0.4 is 0 Å². The van der Waals surface area contributed by atoms with Crippen molar-refractivity contribution in [3.63, 3.8) is 0 Å². The molecule has 0 heterocycles. The summed E-state index contributed by atoms with van der Waals surface area (Å²) < 4.78 is 5.36. The Kier molecular flexibility index (Phi) is 7.04. The van der Waals surface area contributed by atoms with Gasteiger partial charge in [-0.25, -0.2) is 0 Å². The first kappa shape index (κ1) is 9.96. The van der Waals surface area contributed by atoms with Crippen LogP contribution in [0.4, 0.5) is 0 Å². The van der Waals surface area contributed by atoms with E-state index in [2.05, 4.69) is 20.8 Å². The molecule has 0 saturated heterocycles. The Hall–Kier alpha value is -0.0400. The second-order valence-corrected chi connectivity index (χ2v) is 2.91. The molecule has 0 unspecified atom stereocenters. The third-order valence-corrected chi connectivity index (χ3v) is 1.80. The van der Waals surface area contributed by atoms with Gasteiger partial charge in [-0.3, -0.25) is 0 Å². The van der Waals surface area contributed by atoms with Crippen LogP contribution >= 0.6 is 0 Å².